The van der Waals surface area contributed by atoms with Gasteiger partial charge in [-0.3, -0.25) is 4.79 Å². The smallest absolute Gasteiger partial charge is 0.387 e. The molecule has 0 atom stereocenters. The maximum absolute atomic E-state index is 13.1. The second-order valence-corrected chi connectivity index (χ2v) is 4.97. The number of anilines is 1. The molecule has 0 radical (unpaired) electrons. The van der Waals surface area contributed by atoms with E-state index < -0.39 is 24.2 Å². The molecule has 26 heavy (non-hydrogen) atoms. The fourth-order valence-corrected chi connectivity index (χ4v) is 2.02. The average molecular weight is 369 g/mol. The summed E-state index contributed by atoms with van der Waals surface area (Å²) in [4.78, 5) is 11.8. The van der Waals surface area contributed by atoms with Gasteiger partial charge in [0.05, 0.1) is 6.61 Å². The zero-order valence-electron chi connectivity index (χ0n) is 13.6. The van der Waals surface area contributed by atoms with Crippen LogP contribution >= 0.6 is 0 Å². The van der Waals surface area contributed by atoms with E-state index in [2.05, 4.69) is 10.1 Å². The molecule has 0 saturated heterocycles. The van der Waals surface area contributed by atoms with Crippen molar-refractivity contribution >= 4 is 17.7 Å². The molecule has 8 heteroatoms. The minimum absolute atomic E-state index is 0.0919. The second kappa shape index (κ2) is 8.89. The van der Waals surface area contributed by atoms with Gasteiger partial charge in [-0.2, -0.15) is 8.78 Å². The van der Waals surface area contributed by atoms with E-state index in [1.54, 1.807) is 6.92 Å². The predicted octanol–water partition coefficient (Wildman–Crippen LogP) is 4.62. The van der Waals surface area contributed by atoms with E-state index in [-0.39, 0.29) is 23.8 Å². The Kier molecular flexibility index (Phi) is 6.60. The molecule has 2 aromatic rings. The Hall–Kier alpha value is -3.03. The average Bonchev–Trinajstić information content (AvgIpc) is 2.58. The first-order valence-corrected chi connectivity index (χ1v) is 7.55. The van der Waals surface area contributed by atoms with Crippen LogP contribution in [-0.2, 0) is 4.79 Å². The molecular formula is C18H15F4NO3. The highest BCUT2D eigenvalue weighted by Gasteiger charge is 2.11. The number of alkyl halides is 2. The number of rotatable bonds is 7. The molecule has 0 unspecified atom stereocenters. The summed E-state index contributed by atoms with van der Waals surface area (Å²) in [6, 6.07) is 7.15. The second-order valence-electron chi connectivity index (χ2n) is 4.97. The number of halogens is 4. The summed E-state index contributed by atoms with van der Waals surface area (Å²) in [5.74, 6) is -2.70. The molecule has 1 amide bonds. The Morgan fingerprint density at radius 1 is 1.12 bits per heavy atom. The van der Waals surface area contributed by atoms with Crippen molar-refractivity contribution in [2.75, 3.05) is 11.9 Å². The molecule has 0 aliphatic rings. The molecule has 0 spiro atoms. The molecule has 138 valence electrons. The first-order chi connectivity index (χ1) is 12.4. The highest BCUT2D eigenvalue weighted by molar-refractivity contribution is 6.01. The fourth-order valence-electron chi connectivity index (χ4n) is 2.02. The van der Waals surface area contributed by atoms with Gasteiger partial charge in [0.25, 0.3) is 0 Å². The molecule has 1 N–H and O–H groups in total. The predicted molar refractivity (Wildman–Crippen MR) is 88.3 cm³/mol. The Labute approximate surface area is 147 Å². The highest BCUT2D eigenvalue weighted by atomic mass is 19.3. The van der Waals surface area contributed by atoms with Gasteiger partial charge in [0.1, 0.15) is 0 Å². The van der Waals surface area contributed by atoms with Gasteiger partial charge in [-0.25, -0.2) is 8.78 Å². The number of hydrogen-bond acceptors (Lipinski definition) is 3. The summed E-state index contributed by atoms with van der Waals surface area (Å²) in [5, 5.41) is 2.37. The van der Waals surface area contributed by atoms with Gasteiger partial charge in [0.2, 0.25) is 5.91 Å². The number of ether oxygens (including phenoxy) is 2. The van der Waals surface area contributed by atoms with Gasteiger partial charge < -0.3 is 14.8 Å². The first kappa shape index (κ1) is 19.3. The van der Waals surface area contributed by atoms with E-state index >= 15 is 0 Å². The standard InChI is InChI=1S/C18H15F4NO3/c1-2-25-16-9-11(3-7-15(16)26-18(21)22)4-8-17(24)23-12-5-6-13(19)14(20)10-12/h3-10,18H,2H2,1H3,(H,23,24)/b8-4+. The number of benzene rings is 2. The minimum Gasteiger partial charge on any atom is -0.490 e. The van der Waals surface area contributed by atoms with Gasteiger partial charge in [0.15, 0.2) is 23.1 Å². The van der Waals surface area contributed by atoms with E-state index in [1.165, 1.54) is 30.3 Å². The third kappa shape index (κ3) is 5.51. The summed E-state index contributed by atoms with van der Waals surface area (Å²) < 4.78 is 60.3. The molecule has 0 saturated carbocycles. The quantitative estimate of drug-likeness (QED) is 0.572. The number of hydrogen-bond donors (Lipinski definition) is 1. The zero-order valence-corrected chi connectivity index (χ0v) is 13.6. The lowest BCUT2D eigenvalue weighted by molar-refractivity contribution is -0.111. The summed E-state index contributed by atoms with van der Waals surface area (Å²) in [7, 11) is 0. The van der Waals surface area contributed by atoms with Crippen molar-refractivity contribution in [2.24, 2.45) is 0 Å². The van der Waals surface area contributed by atoms with E-state index in [9.17, 15) is 22.4 Å². The third-order valence-corrected chi connectivity index (χ3v) is 3.10. The molecule has 2 rings (SSSR count). The Bertz CT molecular complexity index is 809. The van der Waals surface area contributed by atoms with Crippen LogP contribution in [0.5, 0.6) is 11.5 Å². The highest BCUT2D eigenvalue weighted by Crippen LogP contribution is 2.30. The summed E-state index contributed by atoms with van der Waals surface area (Å²) >= 11 is 0. The maximum Gasteiger partial charge on any atom is 0.387 e. The molecule has 0 aliphatic heterocycles. The molecule has 2 aromatic carbocycles. The lowest BCUT2D eigenvalue weighted by Gasteiger charge is -2.11. The Morgan fingerprint density at radius 2 is 1.88 bits per heavy atom. The van der Waals surface area contributed by atoms with Crippen molar-refractivity contribution in [2.45, 2.75) is 13.5 Å². The molecule has 0 fully saturated rings. The van der Waals surface area contributed by atoms with Gasteiger partial charge >= 0.3 is 6.61 Å². The lowest BCUT2D eigenvalue weighted by Crippen LogP contribution is -2.08. The van der Waals surface area contributed by atoms with Crippen LogP contribution in [0.3, 0.4) is 0 Å². The lowest BCUT2D eigenvalue weighted by atomic mass is 10.2. The van der Waals surface area contributed by atoms with Crippen molar-refractivity contribution < 1.29 is 31.8 Å². The largest absolute Gasteiger partial charge is 0.490 e. The minimum atomic E-state index is -2.99. The zero-order chi connectivity index (χ0) is 19.1. The Balaban J connectivity index is 2.09. The number of amides is 1. The molecule has 4 nitrogen and oxygen atoms in total. The van der Waals surface area contributed by atoms with Crippen molar-refractivity contribution in [3.05, 3.63) is 59.7 Å². The third-order valence-electron chi connectivity index (χ3n) is 3.10. The Morgan fingerprint density at radius 3 is 2.54 bits per heavy atom. The van der Waals surface area contributed by atoms with E-state index in [1.807, 2.05) is 0 Å². The van der Waals surface area contributed by atoms with Crippen LogP contribution in [-0.4, -0.2) is 19.1 Å². The monoisotopic (exact) mass is 369 g/mol. The van der Waals surface area contributed by atoms with Crippen molar-refractivity contribution in [1.82, 2.24) is 0 Å². The fraction of sp³-hybridized carbons (Fsp3) is 0.167. The summed E-state index contributed by atoms with van der Waals surface area (Å²) in [6.07, 6.45) is 2.56. The van der Waals surface area contributed by atoms with Gasteiger partial charge in [-0.05, 0) is 42.8 Å². The normalized spacial score (nSPS) is 11.0. The van der Waals surface area contributed by atoms with Crippen LogP contribution < -0.4 is 14.8 Å². The van der Waals surface area contributed by atoms with Crippen LogP contribution in [0.2, 0.25) is 0 Å². The topological polar surface area (TPSA) is 47.6 Å². The number of nitrogens with one attached hydrogen (secondary N) is 1. The van der Waals surface area contributed by atoms with E-state index in [0.717, 1.165) is 18.2 Å². The number of carbonyl (C=O) groups is 1. The van der Waals surface area contributed by atoms with Crippen molar-refractivity contribution in [1.29, 1.82) is 0 Å². The molecule has 0 heterocycles. The van der Waals surface area contributed by atoms with Crippen LogP contribution in [0, 0.1) is 11.6 Å². The van der Waals surface area contributed by atoms with Gasteiger partial charge in [0, 0.05) is 17.8 Å². The van der Waals surface area contributed by atoms with E-state index in [4.69, 9.17) is 4.74 Å². The summed E-state index contributed by atoms with van der Waals surface area (Å²) in [6.45, 7) is -1.06. The van der Waals surface area contributed by atoms with Crippen LogP contribution in [0.1, 0.15) is 12.5 Å². The van der Waals surface area contributed by atoms with Gasteiger partial charge in [-0.1, -0.05) is 6.07 Å². The van der Waals surface area contributed by atoms with Crippen LogP contribution in [0.25, 0.3) is 6.08 Å². The van der Waals surface area contributed by atoms with Crippen molar-refractivity contribution in [3.63, 3.8) is 0 Å². The van der Waals surface area contributed by atoms with Crippen LogP contribution in [0.4, 0.5) is 23.2 Å². The van der Waals surface area contributed by atoms with Crippen molar-refractivity contribution in [3.8, 4) is 11.5 Å². The van der Waals surface area contributed by atoms with E-state index in [0.29, 0.717) is 5.56 Å². The maximum atomic E-state index is 13.1. The van der Waals surface area contributed by atoms with Crippen LogP contribution in [0.15, 0.2) is 42.5 Å². The van der Waals surface area contributed by atoms with Gasteiger partial charge in [-0.15, -0.1) is 0 Å². The molecule has 0 aromatic heterocycles. The molecule has 0 bridgehead atoms. The molecule has 0 aliphatic carbocycles. The number of carbonyl (C=O) groups excluding carboxylic acids is 1. The first-order valence-electron chi connectivity index (χ1n) is 7.55. The summed E-state index contributed by atoms with van der Waals surface area (Å²) in [5.41, 5.74) is 0.588. The SMILES string of the molecule is CCOc1cc(/C=C/C(=O)Nc2ccc(F)c(F)c2)ccc1OC(F)F. The molecular weight excluding hydrogens is 354 g/mol.